The maximum Gasteiger partial charge on any atom is 0.417 e. The van der Waals surface area contributed by atoms with Gasteiger partial charge in [-0.05, 0) is 6.42 Å². The molecule has 0 aliphatic heterocycles. The first kappa shape index (κ1) is 15.9. The van der Waals surface area contributed by atoms with Crippen LogP contribution in [0.2, 0.25) is 0 Å². The van der Waals surface area contributed by atoms with E-state index in [1.54, 1.807) is 0 Å². The number of methoxy groups -OCH3 is 1. The van der Waals surface area contributed by atoms with E-state index in [9.17, 15) is 9.59 Å². The Labute approximate surface area is 104 Å². The van der Waals surface area contributed by atoms with Crippen LogP contribution in [0, 0.1) is 0 Å². The molecule has 0 N–H and O–H groups in total. The van der Waals surface area contributed by atoms with E-state index in [0.717, 1.165) is 12.8 Å². The number of carbonyl (C=O) groups is 2. The number of hydrogen-bond donors (Lipinski definition) is 0. The smallest absolute Gasteiger partial charge is 0.417 e. The van der Waals surface area contributed by atoms with Gasteiger partial charge in [-0.25, -0.2) is 9.59 Å². The fraction of sp³-hybridized carbons (Fsp3) is 0.846. The van der Waals surface area contributed by atoms with Crippen LogP contribution in [-0.2, 0) is 19.1 Å². The predicted octanol–water partition coefficient (Wildman–Crippen LogP) is 2.84. The Morgan fingerprint density at radius 3 is 1.88 bits per heavy atom. The van der Waals surface area contributed by atoms with Crippen molar-refractivity contribution in [2.75, 3.05) is 13.7 Å². The summed E-state index contributed by atoms with van der Waals surface area (Å²) in [5.41, 5.74) is 0. The number of carbonyl (C=O) groups excluding carboxylic acids is 2. The van der Waals surface area contributed by atoms with Gasteiger partial charge in [-0.1, -0.05) is 51.9 Å². The van der Waals surface area contributed by atoms with E-state index in [-0.39, 0.29) is 0 Å². The van der Waals surface area contributed by atoms with Gasteiger partial charge in [-0.3, -0.25) is 0 Å². The van der Waals surface area contributed by atoms with Crippen molar-refractivity contribution in [1.29, 1.82) is 0 Å². The molecule has 0 saturated carbocycles. The number of hydrogen-bond acceptors (Lipinski definition) is 4. The lowest BCUT2D eigenvalue weighted by atomic mass is 10.1. The van der Waals surface area contributed by atoms with Crippen molar-refractivity contribution < 1.29 is 19.1 Å². The van der Waals surface area contributed by atoms with E-state index >= 15 is 0 Å². The molecular formula is C13H24O4. The molecule has 0 atom stereocenters. The number of rotatable bonds is 9. The molecule has 0 aliphatic rings. The second-order valence-corrected chi connectivity index (χ2v) is 4.10. The van der Waals surface area contributed by atoms with Crippen LogP contribution in [0.1, 0.15) is 58.3 Å². The summed E-state index contributed by atoms with van der Waals surface area (Å²) in [6.45, 7) is 2.51. The normalized spacial score (nSPS) is 10.0. The monoisotopic (exact) mass is 244 g/mol. The van der Waals surface area contributed by atoms with Crippen LogP contribution in [0.3, 0.4) is 0 Å². The molecule has 4 heteroatoms. The maximum absolute atomic E-state index is 10.9. The topological polar surface area (TPSA) is 52.6 Å². The summed E-state index contributed by atoms with van der Waals surface area (Å²) in [6.07, 6.45) is 9.45. The molecule has 0 aromatic rings. The summed E-state index contributed by atoms with van der Waals surface area (Å²) in [4.78, 5) is 21.6. The highest BCUT2D eigenvalue weighted by Gasteiger charge is 2.14. The van der Waals surface area contributed by atoms with Crippen LogP contribution < -0.4 is 0 Å². The van der Waals surface area contributed by atoms with Gasteiger partial charge in [-0.2, -0.15) is 0 Å². The Bertz CT molecular complexity index is 213. The summed E-state index contributed by atoms with van der Waals surface area (Å²) >= 11 is 0. The molecule has 0 saturated heterocycles. The zero-order chi connectivity index (χ0) is 12.9. The van der Waals surface area contributed by atoms with Gasteiger partial charge >= 0.3 is 11.9 Å². The second-order valence-electron chi connectivity index (χ2n) is 4.10. The molecule has 0 fully saturated rings. The Morgan fingerprint density at radius 2 is 1.35 bits per heavy atom. The molecule has 0 unspecified atom stereocenters. The Morgan fingerprint density at radius 1 is 0.824 bits per heavy atom. The van der Waals surface area contributed by atoms with E-state index in [1.807, 2.05) is 0 Å². The van der Waals surface area contributed by atoms with Gasteiger partial charge in [0.05, 0.1) is 13.7 Å². The van der Waals surface area contributed by atoms with E-state index < -0.39 is 11.9 Å². The number of ether oxygens (including phenoxy) is 2. The third kappa shape index (κ3) is 9.85. The number of esters is 2. The molecule has 0 bridgehead atoms. The molecule has 4 nitrogen and oxygen atoms in total. The van der Waals surface area contributed by atoms with Crippen LogP contribution in [0.25, 0.3) is 0 Å². The highest BCUT2D eigenvalue weighted by molar-refractivity contribution is 6.29. The largest absolute Gasteiger partial charge is 0.461 e. The first-order valence-corrected chi connectivity index (χ1v) is 6.47. The fourth-order valence-electron chi connectivity index (χ4n) is 1.54. The summed E-state index contributed by atoms with van der Waals surface area (Å²) in [6, 6.07) is 0. The third-order valence-corrected chi connectivity index (χ3v) is 2.58. The van der Waals surface area contributed by atoms with Gasteiger partial charge in [0.1, 0.15) is 0 Å². The molecule has 0 spiro atoms. The Kier molecular flexibility index (Phi) is 10.7. The number of unbranched alkanes of at least 4 members (excludes halogenated alkanes) is 7. The van der Waals surface area contributed by atoms with E-state index in [4.69, 9.17) is 4.74 Å². The molecule has 0 aliphatic carbocycles. The van der Waals surface area contributed by atoms with Crippen molar-refractivity contribution >= 4 is 11.9 Å². The minimum Gasteiger partial charge on any atom is -0.461 e. The first-order chi connectivity index (χ1) is 8.22. The first-order valence-electron chi connectivity index (χ1n) is 6.47. The zero-order valence-corrected chi connectivity index (χ0v) is 11.0. The molecular weight excluding hydrogens is 220 g/mol. The van der Waals surface area contributed by atoms with Crippen molar-refractivity contribution in [3.05, 3.63) is 0 Å². The molecule has 0 aromatic heterocycles. The van der Waals surface area contributed by atoms with Crippen LogP contribution in [-0.4, -0.2) is 25.7 Å². The van der Waals surface area contributed by atoms with Crippen LogP contribution in [0.5, 0.6) is 0 Å². The SMILES string of the molecule is CCCCCCCCCCOC(=O)C(=O)OC. The molecule has 0 heterocycles. The standard InChI is InChI=1S/C13H24O4/c1-3-4-5-6-7-8-9-10-11-17-13(15)12(14)16-2/h3-11H2,1-2H3. The van der Waals surface area contributed by atoms with Crippen LogP contribution >= 0.6 is 0 Å². The van der Waals surface area contributed by atoms with Crippen LogP contribution in [0.4, 0.5) is 0 Å². The highest BCUT2D eigenvalue weighted by Crippen LogP contribution is 2.08. The van der Waals surface area contributed by atoms with E-state index in [1.165, 1.54) is 45.6 Å². The fourth-order valence-corrected chi connectivity index (χ4v) is 1.54. The lowest BCUT2D eigenvalue weighted by Gasteiger charge is -2.03. The van der Waals surface area contributed by atoms with E-state index in [0.29, 0.717) is 6.61 Å². The third-order valence-electron chi connectivity index (χ3n) is 2.58. The minimum absolute atomic E-state index is 0.308. The molecule has 0 amide bonds. The minimum atomic E-state index is -0.926. The van der Waals surface area contributed by atoms with Crippen molar-refractivity contribution in [2.24, 2.45) is 0 Å². The van der Waals surface area contributed by atoms with Crippen molar-refractivity contribution in [3.8, 4) is 0 Å². The molecule has 100 valence electrons. The summed E-state index contributed by atoms with van der Waals surface area (Å²) in [5, 5.41) is 0. The summed E-state index contributed by atoms with van der Waals surface area (Å²) in [5.74, 6) is -1.82. The highest BCUT2D eigenvalue weighted by atomic mass is 16.6. The summed E-state index contributed by atoms with van der Waals surface area (Å²) < 4.78 is 8.96. The van der Waals surface area contributed by atoms with E-state index in [2.05, 4.69) is 11.7 Å². The lowest BCUT2D eigenvalue weighted by molar-refractivity contribution is -0.165. The predicted molar refractivity (Wildman–Crippen MR) is 65.6 cm³/mol. The van der Waals surface area contributed by atoms with Crippen molar-refractivity contribution in [2.45, 2.75) is 58.3 Å². The molecule has 0 rings (SSSR count). The van der Waals surface area contributed by atoms with Gasteiger partial charge in [0, 0.05) is 0 Å². The van der Waals surface area contributed by atoms with Crippen molar-refractivity contribution in [3.63, 3.8) is 0 Å². The molecule has 0 aromatic carbocycles. The molecule has 17 heavy (non-hydrogen) atoms. The summed E-state index contributed by atoms with van der Waals surface area (Å²) in [7, 11) is 1.17. The Balaban J connectivity index is 3.18. The maximum atomic E-state index is 10.9. The van der Waals surface area contributed by atoms with Gasteiger partial charge in [0.2, 0.25) is 0 Å². The zero-order valence-electron chi connectivity index (χ0n) is 11.0. The second kappa shape index (κ2) is 11.4. The van der Waals surface area contributed by atoms with Gasteiger partial charge in [0.15, 0.2) is 0 Å². The average molecular weight is 244 g/mol. The van der Waals surface area contributed by atoms with Gasteiger partial charge in [-0.15, -0.1) is 0 Å². The van der Waals surface area contributed by atoms with Crippen LogP contribution in [0.15, 0.2) is 0 Å². The molecule has 0 radical (unpaired) electrons. The Hall–Kier alpha value is -1.06. The van der Waals surface area contributed by atoms with Gasteiger partial charge < -0.3 is 9.47 Å². The van der Waals surface area contributed by atoms with Gasteiger partial charge in [0.25, 0.3) is 0 Å². The quantitative estimate of drug-likeness (QED) is 0.355. The van der Waals surface area contributed by atoms with Crippen molar-refractivity contribution in [1.82, 2.24) is 0 Å². The average Bonchev–Trinajstić information content (AvgIpc) is 2.35. The lowest BCUT2D eigenvalue weighted by Crippen LogP contribution is -2.19.